The fourth-order valence-corrected chi connectivity index (χ4v) is 3.10. The van der Waals surface area contributed by atoms with E-state index in [1.807, 2.05) is 11.8 Å². The molecule has 0 spiro atoms. The van der Waals surface area contributed by atoms with Gasteiger partial charge in [-0.1, -0.05) is 27.2 Å². The maximum Gasteiger partial charge on any atom is 0.144 e. The van der Waals surface area contributed by atoms with Gasteiger partial charge in [-0.3, -0.25) is 0 Å². The second-order valence-corrected chi connectivity index (χ2v) is 6.76. The maximum atomic E-state index is 4.68. The van der Waals surface area contributed by atoms with E-state index in [1.165, 1.54) is 0 Å². The molecule has 0 amide bonds. The first-order chi connectivity index (χ1) is 9.08. The molecule has 0 unspecified atom stereocenters. The van der Waals surface area contributed by atoms with Gasteiger partial charge in [-0.2, -0.15) is 11.8 Å². The average Bonchev–Trinajstić information content (AvgIpc) is 2.35. The molecule has 0 bridgehead atoms. The third-order valence-electron chi connectivity index (χ3n) is 2.48. The number of rotatable bonds is 8. The summed E-state index contributed by atoms with van der Waals surface area (Å²) < 4.78 is 1.02. The number of aryl methyl sites for hydroxylation is 1. The zero-order chi connectivity index (χ0) is 14.3. The van der Waals surface area contributed by atoms with Gasteiger partial charge in [-0.25, -0.2) is 9.97 Å². The van der Waals surface area contributed by atoms with E-state index in [4.69, 9.17) is 0 Å². The van der Waals surface area contributed by atoms with E-state index in [9.17, 15) is 0 Å². The molecule has 5 heteroatoms. The quantitative estimate of drug-likeness (QED) is 0.751. The van der Waals surface area contributed by atoms with E-state index in [0.29, 0.717) is 5.92 Å². The fraction of sp³-hybridized carbons (Fsp3) is 0.714. The Bertz CT molecular complexity index is 369. The van der Waals surface area contributed by atoms with Crippen molar-refractivity contribution in [3.05, 3.63) is 16.0 Å². The molecular weight excluding hydrogens is 322 g/mol. The lowest BCUT2D eigenvalue weighted by atomic mass is 10.2. The lowest BCUT2D eigenvalue weighted by Gasteiger charge is -2.12. The lowest BCUT2D eigenvalue weighted by Crippen LogP contribution is -2.08. The fourth-order valence-electron chi connectivity index (χ4n) is 1.68. The van der Waals surface area contributed by atoms with Crippen molar-refractivity contribution in [2.45, 2.75) is 46.3 Å². The van der Waals surface area contributed by atoms with E-state index in [-0.39, 0.29) is 0 Å². The maximum absolute atomic E-state index is 4.68. The van der Waals surface area contributed by atoms with E-state index in [2.05, 4.69) is 58.9 Å². The Kier molecular flexibility index (Phi) is 7.76. The standard InChI is InChI=1S/C14H24BrN3S/c1-5-7-11-13(15)14(16-6-2)18-12(17-11)9-19-8-10(3)4/h10H,5-9H2,1-4H3,(H,16,17,18). The van der Waals surface area contributed by atoms with Crippen molar-refractivity contribution in [3.63, 3.8) is 0 Å². The highest BCUT2D eigenvalue weighted by molar-refractivity contribution is 9.10. The third kappa shape index (κ3) is 5.69. The third-order valence-corrected chi connectivity index (χ3v) is 4.68. The number of hydrogen-bond donors (Lipinski definition) is 1. The van der Waals surface area contributed by atoms with Crippen LogP contribution in [0.4, 0.5) is 5.82 Å². The van der Waals surface area contributed by atoms with E-state index in [1.54, 1.807) is 0 Å². The van der Waals surface area contributed by atoms with Crippen LogP contribution >= 0.6 is 27.7 Å². The normalized spacial score (nSPS) is 11.1. The van der Waals surface area contributed by atoms with Gasteiger partial charge in [0, 0.05) is 6.54 Å². The van der Waals surface area contributed by atoms with Crippen LogP contribution in [0.1, 0.15) is 45.6 Å². The molecular formula is C14H24BrN3S. The minimum atomic E-state index is 0.712. The molecule has 0 aliphatic carbocycles. The molecule has 0 saturated heterocycles. The monoisotopic (exact) mass is 345 g/mol. The van der Waals surface area contributed by atoms with Crippen molar-refractivity contribution in [2.24, 2.45) is 5.92 Å². The highest BCUT2D eigenvalue weighted by Crippen LogP contribution is 2.26. The molecule has 0 radical (unpaired) electrons. The summed E-state index contributed by atoms with van der Waals surface area (Å²) in [7, 11) is 0. The predicted molar refractivity (Wildman–Crippen MR) is 88.9 cm³/mol. The van der Waals surface area contributed by atoms with Gasteiger partial charge in [0.05, 0.1) is 15.9 Å². The van der Waals surface area contributed by atoms with Crippen molar-refractivity contribution in [2.75, 3.05) is 17.6 Å². The topological polar surface area (TPSA) is 37.8 Å². The van der Waals surface area contributed by atoms with Crippen molar-refractivity contribution in [3.8, 4) is 0 Å². The molecule has 0 saturated carbocycles. The molecule has 3 nitrogen and oxygen atoms in total. The molecule has 0 atom stereocenters. The smallest absolute Gasteiger partial charge is 0.144 e. The Hall–Kier alpha value is -0.290. The summed E-state index contributed by atoms with van der Waals surface area (Å²) in [5.41, 5.74) is 1.12. The summed E-state index contributed by atoms with van der Waals surface area (Å²) in [6.45, 7) is 9.61. The van der Waals surface area contributed by atoms with Gasteiger partial charge in [0.15, 0.2) is 0 Å². The molecule has 0 aromatic carbocycles. The van der Waals surface area contributed by atoms with Crippen LogP contribution in [0.15, 0.2) is 4.47 Å². The Morgan fingerprint density at radius 2 is 2.00 bits per heavy atom. The second-order valence-electron chi connectivity index (χ2n) is 4.94. The molecule has 1 aromatic rings. The minimum absolute atomic E-state index is 0.712. The van der Waals surface area contributed by atoms with Gasteiger partial charge in [0.1, 0.15) is 11.6 Å². The first-order valence-corrected chi connectivity index (χ1v) is 8.90. The van der Waals surface area contributed by atoms with Crippen molar-refractivity contribution < 1.29 is 0 Å². The Morgan fingerprint density at radius 3 is 2.58 bits per heavy atom. The molecule has 19 heavy (non-hydrogen) atoms. The van der Waals surface area contributed by atoms with Gasteiger partial charge >= 0.3 is 0 Å². The number of aromatic nitrogens is 2. The van der Waals surface area contributed by atoms with Gasteiger partial charge < -0.3 is 5.32 Å². The molecule has 1 heterocycles. The molecule has 108 valence electrons. The summed E-state index contributed by atoms with van der Waals surface area (Å²) in [4.78, 5) is 9.29. The molecule has 0 aliphatic heterocycles. The van der Waals surface area contributed by atoms with Crippen molar-refractivity contribution in [1.29, 1.82) is 0 Å². The van der Waals surface area contributed by atoms with Gasteiger partial charge in [-0.05, 0) is 40.9 Å². The predicted octanol–water partition coefficient (Wildman–Crippen LogP) is 4.51. The van der Waals surface area contributed by atoms with Gasteiger partial charge in [0.2, 0.25) is 0 Å². The van der Waals surface area contributed by atoms with Crippen LogP contribution in [0.3, 0.4) is 0 Å². The zero-order valence-corrected chi connectivity index (χ0v) is 14.7. The van der Waals surface area contributed by atoms with Crippen LogP contribution in [-0.2, 0) is 12.2 Å². The highest BCUT2D eigenvalue weighted by Gasteiger charge is 2.11. The summed E-state index contributed by atoms with van der Waals surface area (Å²) in [5, 5.41) is 3.31. The minimum Gasteiger partial charge on any atom is -0.369 e. The number of hydrogen-bond acceptors (Lipinski definition) is 4. The largest absolute Gasteiger partial charge is 0.369 e. The summed E-state index contributed by atoms with van der Waals surface area (Å²) >= 11 is 5.52. The molecule has 1 N–H and O–H groups in total. The summed E-state index contributed by atoms with van der Waals surface area (Å²) in [6, 6.07) is 0. The number of halogens is 1. The van der Waals surface area contributed by atoms with Crippen LogP contribution < -0.4 is 5.32 Å². The van der Waals surface area contributed by atoms with Crippen LogP contribution in [0.5, 0.6) is 0 Å². The zero-order valence-electron chi connectivity index (χ0n) is 12.3. The first-order valence-electron chi connectivity index (χ1n) is 6.95. The van der Waals surface area contributed by atoms with Gasteiger partial charge in [0.25, 0.3) is 0 Å². The van der Waals surface area contributed by atoms with Crippen molar-refractivity contribution in [1.82, 2.24) is 9.97 Å². The molecule has 0 aliphatic rings. The van der Waals surface area contributed by atoms with Crippen LogP contribution in [-0.4, -0.2) is 22.3 Å². The average molecular weight is 346 g/mol. The Balaban J connectivity index is 2.84. The Morgan fingerprint density at radius 1 is 1.26 bits per heavy atom. The second kappa shape index (κ2) is 8.80. The lowest BCUT2D eigenvalue weighted by molar-refractivity contribution is 0.749. The Labute approximate surface area is 129 Å². The summed E-state index contributed by atoms with van der Waals surface area (Å²) in [6.07, 6.45) is 2.09. The molecule has 0 fully saturated rings. The van der Waals surface area contributed by atoms with Crippen LogP contribution in [0.25, 0.3) is 0 Å². The first kappa shape index (κ1) is 16.8. The number of nitrogens with one attached hydrogen (secondary N) is 1. The molecule has 1 aromatic heterocycles. The van der Waals surface area contributed by atoms with E-state index < -0.39 is 0 Å². The highest BCUT2D eigenvalue weighted by atomic mass is 79.9. The number of thioether (sulfide) groups is 1. The summed E-state index contributed by atoms with van der Waals surface area (Å²) in [5.74, 6) is 4.62. The van der Waals surface area contributed by atoms with E-state index >= 15 is 0 Å². The molecule has 1 rings (SSSR count). The number of nitrogens with zero attached hydrogens (tertiary/aromatic N) is 2. The van der Waals surface area contributed by atoms with Crippen LogP contribution in [0.2, 0.25) is 0 Å². The van der Waals surface area contributed by atoms with Gasteiger partial charge in [-0.15, -0.1) is 0 Å². The van der Waals surface area contributed by atoms with E-state index in [0.717, 1.165) is 52.7 Å². The SMILES string of the molecule is CCCc1nc(CSCC(C)C)nc(NCC)c1Br. The van der Waals surface area contributed by atoms with Crippen molar-refractivity contribution >= 4 is 33.5 Å². The van der Waals surface area contributed by atoms with Crippen LogP contribution in [0, 0.1) is 5.92 Å². The number of anilines is 1.